The lowest BCUT2D eigenvalue weighted by molar-refractivity contribution is -0.136. The third kappa shape index (κ3) is 7.33. The van der Waals surface area contributed by atoms with E-state index < -0.39 is 5.97 Å². The molecule has 0 bridgehead atoms. The quantitative estimate of drug-likeness (QED) is 0.346. The van der Waals surface area contributed by atoms with Gasteiger partial charge >= 0.3 is 5.97 Å². The monoisotopic (exact) mass is 458 g/mol. The fraction of sp³-hybridized carbons (Fsp3) is 0.423. The number of carbonyl (C=O) groups is 1. The lowest BCUT2D eigenvalue weighted by atomic mass is 10.0. The molecule has 1 N–H and O–H groups in total. The zero-order valence-corrected chi connectivity index (χ0v) is 19.7. The lowest BCUT2D eigenvalue weighted by Gasteiger charge is -2.15. The van der Waals surface area contributed by atoms with Crippen molar-refractivity contribution in [2.24, 2.45) is 0 Å². The first-order valence-electron chi connectivity index (χ1n) is 11.0. The van der Waals surface area contributed by atoms with Crippen LogP contribution in [0.3, 0.4) is 0 Å². The molecule has 3 rings (SSSR count). The van der Waals surface area contributed by atoms with Crippen molar-refractivity contribution in [3.8, 4) is 5.75 Å². The van der Waals surface area contributed by atoms with Crippen LogP contribution in [0, 0.1) is 0 Å². The van der Waals surface area contributed by atoms with E-state index in [0.29, 0.717) is 13.0 Å². The number of hydrogen-bond donors (Lipinski definition) is 1. The number of unbranched alkanes of at least 4 members (excludes halogenated alkanes) is 1. The summed E-state index contributed by atoms with van der Waals surface area (Å²) in [4.78, 5) is 10.9. The van der Waals surface area contributed by atoms with Gasteiger partial charge in [-0.15, -0.1) is 0 Å². The van der Waals surface area contributed by atoms with Crippen LogP contribution in [0.15, 0.2) is 48.0 Å². The minimum absolute atomic E-state index is 0.156. The van der Waals surface area contributed by atoms with E-state index in [1.807, 2.05) is 36.0 Å². The first-order chi connectivity index (χ1) is 15.1. The lowest BCUT2D eigenvalue weighted by Crippen LogP contribution is -2.05. The van der Waals surface area contributed by atoms with E-state index in [1.165, 1.54) is 28.7 Å². The van der Waals surface area contributed by atoms with Gasteiger partial charge in [-0.25, -0.2) is 0 Å². The smallest absolute Gasteiger partial charge is 0.303 e. The molecular formula is C26H31ClO3S. The number of rotatable bonds is 12. The molecule has 1 aliphatic rings. The molecule has 0 amide bonds. The summed E-state index contributed by atoms with van der Waals surface area (Å²) in [5.74, 6) is 1.33. The zero-order valence-electron chi connectivity index (χ0n) is 18.2. The molecule has 1 aliphatic carbocycles. The molecule has 0 unspecified atom stereocenters. The van der Waals surface area contributed by atoms with E-state index in [0.717, 1.165) is 54.2 Å². The fourth-order valence-corrected chi connectivity index (χ4v) is 4.69. The Morgan fingerprint density at radius 3 is 2.65 bits per heavy atom. The number of aryl methyl sites for hydroxylation is 2. The van der Waals surface area contributed by atoms with E-state index >= 15 is 0 Å². The Bertz CT molecular complexity index is 905. The van der Waals surface area contributed by atoms with Gasteiger partial charge in [0.1, 0.15) is 12.4 Å². The molecule has 0 aliphatic heterocycles. The highest BCUT2D eigenvalue weighted by Gasteiger charge is 2.17. The third-order valence-corrected chi connectivity index (χ3v) is 6.67. The first kappa shape index (κ1) is 23.7. The minimum atomic E-state index is -0.759. The molecule has 2 aromatic rings. The molecular weight excluding hydrogens is 428 g/mol. The first-order valence-corrected chi connectivity index (χ1v) is 12.8. The largest absolute Gasteiger partial charge is 0.489 e. The summed E-state index contributed by atoms with van der Waals surface area (Å²) >= 11 is 7.92. The molecule has 0 spiro atoms. The summed E-state index contributed by atoms with van der Waals surface area (Å²) in [5.41, 5.74) is 6.25. The number of carboxylic acids is 1. The summed E-state index contributed by atoms with van der Waals surface area (Å²) in [6.45, 7) is 0.601. The van der Waals surface area contributed by atoms with Gasteiger partial charge < -0.3 is 9.84 Å². The Morgan fingerprint density at radius 2 is 1.90 bits per heavy atom. The molecule has 0 aromatic heterocycles. The topological polar surface area (TPSA) is 46.5 Å². The summed E-state index contributed by atoms with van der Waals surface area (Å²) in [7, 11) is 0. The van der Waals surface area contributed by atoms with Crippen LogP contribution in [0.4, 0.5) is 0 Å². The van der Waals surface area contributed by atoms with Crippen LogP contribution in [0.5, 0.6) is 5.75 Å². The van der Waals surface area contributed by atoms with Gasteiger partial charge in [-0.05, 0) is 103 Å². The molecule has 2 aromatic carbocycles. The Kier molecular flexibility index (Phi) is 9.35. The van der Waals surface area contributed by atoms with E-state index in [1.54, 1.807) is 0 Å². The van der Waals surface area contributed by atoms with Gasteiger partial charge in [-0.3, -0.25) is 4.79 Å². The van der Waals surface area contributed by atoms with Gasteiger partial charge in [0.05, 0.1) is 0 Å². The Morgan fingerprint density at radius 1 is 1.10 bits per heavy atom. The number of carboxylic acid groups (broad SMARTS) is 1. The van der Waals surface area contributed by atoms with Crippen LogP contribution >= 0.6 is 23.4 Å². The van der Waals surface area contributed by atoms with Crippen LogP contribution in [0.25, 0.3) is 5.57 Å². The van der Waals surface area contributed by atoms with Crippen molar-refractivity contribution in [1.82, 2.24) is 0 Å². The zero-order chi connectivity index (χ0) is 22.1. The predicted molar refractivity (Wildman–Crippen MR) is 131 cm³/mol. The van der Waals surface area contributed by atoms with Gasteiger partial charge in [-0.2, -0.15) is 11.8 Å². The molecule has 0 atom stereocenters. The van der Waals surface area contributed by atoms with Gasteiger partial charge in [0.25, 0.3) is 0 Å². The molecule has 0 saturated heterocycles. The number of halogens is 1. The SMILES string of the molecule is CSCCCCc1cc(CCC(=O)O)ccc1OCC1=C(c2ccc(Cl)cc2)CCC1. The van der Waals surface area contributed by atoms with Gasteiger partial charge in [0, 0.05) is 11.4 Å². The van der Waals surface area contributed by atoms with Crippen LogP contribution in [0.1, 0.15) is 55.2 Å². The maximum atomic E-state index is 10.9. The molecule has 5 heteroatoms. The highest BCUT2D eigenvalue weighted by atomic mass is 35.5. The number of thioether (sulfide) groups is 1. The van der Waals surface area contributed by atoms with Gasteiger partial charge in [-0.1, -0.05) is 35.9 Å². The number of hydrogen-bond acceptors (Lipinski definition) is 3. The molecule has 166 valence electrons. The Hall–Kier alpha value is -1.91. The highest BCUT2D eigenvalue weighted by Crippen LogP contribution is 2.35. The van der Waals surface area contributed by atoms with Crippen LogP contribution in [-0.4, -0.2) is 29.7 Å². The molecule has 0 radical (unpaired) electrons. The van der Waals surface area contributed by atoms with Crippen molar-refractivity contribution in [1.29, 1.82) is 0 Å². The predicted octanol–water partition coefficient (Wildman–Crippen LogP) is 7.06. The van der Waals surface area contributed by atoms with Gasteiger partial charge in [0.2, 0.25) is 0 Å². The van der Waals surface area contributed by atoms with Crippen molar-refractivity contribution in [2.45, 2.75) is 51.4 Å². The third-order valence-electron chi connectivity index (χ3n) is 5.72. The summed E-state index contributed by atoms with van der Waals surface area (Å²) in [6.07, 6.45) is 9.39. The summed E-state index contributed by atoms with van der Waals surface area (Å²) in [5, 5.41) is 9.76. The number of benzene rings is 2. The number of allylic oxidation sites excluding steroid dienone is 1. The molecule has 0 heterocycles. The molecule has 0 fully saturated rings. The number of aliphatic carboxylic acids is 1. The Balaban J connectivity index is 1.72. The second-order valence-corrected chi connectivity index (χ2v) is 9.44. The number of ether oxygens (including phenoxy) is 1. The second kappa shape index (κ2) is 12.2. The van der Waals surface area contributed by atoms with Crippen LogP contribution in [-0.2, 0) is 17.6 Å². The molecule has 3 nitrogen and oxygen atoms in total. The normalized spacial score (nSPS) is 13.6. The van der Waals surface area contributed by atoms with Crippen molar-refractivity contribution in [3.05, 3.63) is 69.8 Å². The average Bonchev–Trinajstić information content (AvgIpc) is 3.23. The summed E-state index contributed by atoms with van der Waals surface area (Å²) < 4.78 is 6.33. The van der Waals surface area contributed by atoms with Crippen molar-refractivity contribution >= 4 is 34.9 Å². The standard InChI is InChI=1S/C26H31ClO3S/c1-31-16-3-2-5-21-17-19(9-15-26(28)29)8-14-25(21)30-18-22-6-4-7-24(22)20-10-12-23(27)13-11-20/h8,10-14,17H,2-7,9,15-16,18H2,1H3,(H,28,29). The van der Waals surface area contributed by atoms with E-state index in [-0.39, 0.29) is 6.42 Å². The average molecular weight is 459 g/mol. The minimum Gasteiger partial charge on any atom is -0.489 e. The van der Waals surface area contributed by atoms with Crippen molar-refractivity contribution < 1.29 is 14.6 Å². The Labute approximate surface area is 194 Å². The second-order valence-electron chi connectivity index (χ2n) is 8.02. The maximum Gasteiger partial charge on any atom is 0.303 e. The van der Waals surface area contributed by atoms with Gasteiger partial charge in [0.15, 0.2) is 0 Å². The van der Waals surface area contributed by atoms with Crippen molar-refractivity contribution in [3.63, 3.8) is 0 Å². The van der Waals surface area contributed by atoms with E-state index in [9.17, 15) is 4.79 Å². The maximum absolute atomic E-state index is 10.9. The molecule has 31 heavy (non-hydrogen) atoms. The highest BCUT2D eigenvalue weighted by molar-refractivity contribution is 7.98. The van der Waals surface area contributed by atoms with E-state index in [4.69, 9.17) is 21.4 Å². The summed E-state index contributed by atoms with van der Waals surface area (Å²) in [6, 6.07) is 14.3. The molecule has 0 saturated carbocycles. The van der Waals surface area contributed by atoms with E-state index in [2.05, 4.69) is 24.5 Å². The van der Waals surface area contributed by atoms with Crippen LogP contribution in [0.2, 0.25) is 5.02 Å². The van der Waals surface area contributed by atoms with Crippen LogP contribution < -0.4 is 4.74 Å². The van der Waals surface area contributed by atoms with Crippen molar-refractivity contribution in [2.75, 3.05) is 18.6 Å². The fourth-order valence-electron chi connectivity index (χ4n) is 4.07.